The van der Waals surface area contributed by atoms with Crippen LogP contribution in [0.25, 0.3) is 0 Å². The van der Waals surface area contributed by atoms with Crippen molar-refractivity contribution in [1.82, 2.24) is 10.2 Å². The molecule has 0 spiro atoms. The molecule has 37 heavy (non-hydrogen) atoms. The number of carbonyl (C=O) groups is 3. The van der Waals surface area contributed by atoms with Crippen LogP contribution in [0.2, 0.25) is 0 Å². The molecule has 1 unspecified atom stereocenters. The van der Waals surface area contributed by atoms with Crippen molar-refractivity contribution in [1.29, 1.82) is 0 Å². The maximum Gasteiger partial charge on any atom is 0.320 e. The third-order valence-corrected chi connectivity index (χ3v) is 6.60. The first kappa shape index (κ1) is 26.4. The number of hydrogen-bond acceptors (Lipinski definition) is 4. The van der Waals surface area contributed by atoms with Crippen LogP contribution in [0.15, 0.2) is 42.5 Å². The second-order valence-corrected chi connectivity index (χ2v) is 11.6. The van der Waals surface area contributed by atoms with Crippen LogP contribution < -0.4 is 20.3 Å². The maximum absolute atomic E-state index is 14.0. The van der Waals surface area contributed by atoms with E-state index in [9.17, 15) is 18.8 Å². The molecule has 2 heterocycles. The Balaban J connectivity index is 1.56. The molecule has 2 N–H and O–H groups in total. The van der Waals surface area contributed by atoms with Crippen LogP contribution in [-0.2, 0) is 9.59 Å². The molecule has 2 aliphatic rings. The van der Waals surface area contributed by atoms with E-state index < -0.39 is 23.8 Å². The van der Waals surface area contributed by atoms with Gasteiger partial charge in [-0.1, -0.05) is 39.8 Å². The second kappa shape index (κ2) is 10.0. The summed E-state index contributed by atoms with van der Waals surface area (Å²) in [5.41, 5.74) is 1.70. The molecule has 0 aromatic heterocycles. The number of urea groups is 1. The quantitative estimate of drug-likeness (QED) is 0.641. The van der Waals surface area contributed by atoms with Crippen LogP contribution in [0.3, 0.4) is 0 Å². The molecule has 0 bridgehead atoms. The summed E-state index contributed by atoms with van der Waals surface area (Å²) in [6, 6.07) is 9.42. The standard InChI is InChI=1S/C28H35FN4O4/c1-18-7-6-8-20(11-18)30-26(36)31-21-14-37-23-12-19(29)9-10-22(23)33(25(21)35)13-24(34)32-16-27(2,3)15-28(4,5)17-32/h6-12,21H,13-17H2,1-5H3,(H2,30,31,36). The molecule has 0 saturated carbocycles. The number of hydrogen-bond donors (Lipinski definition) is 2. The van der Waals surface area contributed by atoms with Crippen molar-refractivity contribution in [2.45, 2.75) is 47.1 Å². The van der Waals surface area contributed by atoms with Gasteiger partial charge in [0.15, 0.2) is 0 Å². The smallest absolute Gasteiger partial charge is 0.320 e. The summed E-state index contributed by atoms with van der Waals surface area (Å²) in [5, 5.41) is 5.37. The minimum Gasteiger partial charge on any atom is -0.489 e. The van der Waals surface area contributed by atoms with Crippen molar-refractivity contribution in [3.63, 3.8) is 0 Å². The van der Waals surface area contributed by atoms with Gasteiger partial charge in [-0.05, 0) is 54.0 Å². The van der Waals surface area contributed by atoms with Crippen LogP contribution in [-0.4, -0.2) is 55.0 Å². The summed E-state index contributed by atoms with van der Waals surface area (Å²) < 4.78 is 19.8. The zero-order valence-electron chi connectivity index (χ0n) is 22.1. The van der Waals surface area contributed by atoms with Crippen LogP contribution in [0, 0.1) is 23.6 Å². The Kier molecular flexibility index (Phi) is 7.17. The van der Waals surface area contributed by atoms with E-state index in [0.29, 0.717) is 24.5 Å². The normalized spacial score (nSPS) is 20.4. The van der Waals surface area contributed by atoms with Gasteiger partial charge in [-0.25, -0.2) is 9.18 Å². The molecule has 2 aromatic carbocycles. The number of carbonyl (C=O) groups excluding carboxylic acids is 3. The molecule has 4 rings (SSSR count). The van der Waals surface area contributed by atoms with Gasteiger partial charge in [0, 0.05) is 24.8 Å². The van der Waals surface area contributed by atoms with E-state index in [4.69, 9.17) is 4.74 Å². The number of halogens is 1. The Morgan fingerprint density at radius 3 is 2.46 bits per heavy atom. The van der Waals surface area contributed by atoms with Crippen molar-refractivity contribution in [2.75, 3.05) is 36.5 Å². The molecule has 0 radical (unpaired) electrons. The summed E-state index contributed by atoms with van der Waals surface area (Å²) in [6.07, 6.45) is 0.977. The highest BCUT2D eigenvalue weighted by molar-refractivity contribution is 6.05. The Morgan fingerprint density at radius 2 is 1.78 bits per heavy atom. The van der Waals surface area contributed by atoms with Crippen LogP contribution in [0.4, 0.5) is 20.6 Å². The molecular formula is C28H35FN4O4. The lowest BCUT2D eigenvalue weighted by Crippen LogP contribution is -2.56. The Bertz CT molecular complexity index is 1200. The lowest BCUT2D eigenvalue weighted by atomic mass is 9.71. The van der Waals surface area contributed by atoms with Crippen LogP contribution in [0.1, 0.15) is 39.7 Å². The predicted molar refractivity (Wildman–Crippen MR) is 140 cm³/mol. The number of nitrogens with zero attached hydrogens (tertiary/aromatic N) is 2. The van der Waals surface area contributed by atoms with E-state index in [1.54, 1.807) is 17.0 Å². The first-order chi connectivity index (χ1) is 17.3. The van der Waals surface area contributed by atoms with Gasteiger partial charge in [-0.3, -0.25) is 14.5 Å². The van der Waals surface area contributed by atoms with Gasteiger partial charge in [0.25, 0.3) is 5.91 Å². The van der Waals surface area contributed by atoms with E-state index >= 15 is 0 Å². The summed E-state index contributed by atoms with van der Waals surface area (Å²) >= 11 is 0. The van der Waals surface area contributed by atoms with E-state index in [-0.39, 0.29) is 35.6 Å². The molecule has 2 aromatic rings. The number of nitrogens with one attached hydrogen (secondary N) is 2. The third-order valence-electron chi connectivity index (χ3n) is 6.60. The fraction of sp³-hybridized carbons (Fsp3) is 0.464. The number of rotatable bonds is 4. The van der Waals surface area contributed by atoms with Gasteiger partial charge in [0.2, 0.25) is 5.91 Å². The van der Waals surface area contributed by atoms with Gasteiger partial charge < -0.3 is 20.3 Å². The lowest BCUT2D eigenvalue weighted by molar-refractivity contribution is -0.137. The Morgan fingerprint density at radius 1 is 1.08 bits per heavy atom. The SMILES string of the molecule is Cc1cccc(NC(=O)NC2COc3cc(F)ccc3N(CC(=O)N3CC(C)(C)CC(C)(C)C3)C2=O)c1. The number of benzene rings is 2. The summed E-state index contributed by atoms with van der Waals surface area (Å²) in [4.78, 5) is 42.9. The number of anilines is 2. The first-order valence-electron chi connectivity index (χ1n) is 12.5. The highest BCUT2D eigenvalue weighted by Gasteiger charge is 2.41. The van der Waals surface area contributed by atoms with Gasteiger partial charge in [-0.15, -0.1) is 0 Å². The molecule has 1 fully saturated rings. The number of aryl methyl sites for hydroxylation is 1. The average Bonchev–Trinajstić information content (AvgIpc) is 2.89. The van der Waals surface area contributed by atoms with Gasteiger partial charge in [0.05, 0.1) is 5.69 Å². The first-order valence-corrected chi connectivity index (χ1v) is 12.5. The second-order valence-electron chi connectivity index (χ2n) is 11.6. The maximum atomic E-state index is 14.0. The molecule has 2 aliphatic heterocycles. The van der Waals surface area contributed by atoms with Crippen molar-refractivity contribution in [2.24, 2.45) is 10.8 Å². The Labute approximate surface area is 217 Å². The lowest BCUT2D eigenvalue weighted by Gasteiger charge is -2.47. The largest absolute Gasteiger partial charge is 0.489 e. The molecule has 4 amide bonds. The van der Waals surface area contributed by atoms with Crippen LogP contribution in [0.5, 0.6) is 5.75 Å². The van der Waals surface area contributed by atoms with Crippen molar-refractivity contribution in [3.8, 4) is 5.75 Å². The summed E-state index contributed by atoms with van der Waals surface area (Å²) in [7, 11) is 0. The zero-order chi connectivity index (χ0) is 27.0. The molecule has 0 aliphatic carbocycles. The van der Waals surface area contributed by atoms with Gasteiger partial charge in [-0.2, -0.15) is 0 Å². The minimum absolute atomic E-state index is 0.0671. The van der Waals surface area contributed by atoms with Crippen molar-refractivity contribution in [3.05, 3.63) is 53.8 Å². The fourth-order valence-corrected chi connectivity index (χ4v) is 5.60. The monoisotopic (exact) mass is 510 g/mol. The molecule has 9 heteroatoms. The molecule has 1 saturated heterocycles. The van der Waals surface area contributed by atoms with Crippen molar-refractivity contribution < 1.29 is 23.5 Å². The minimum atomic E-state index is -1.08. The van der Waals surface area contributed by atoms with E-state index in [2.05, 4.69) is 38.3 Å². The zero-order valence-corrected chi connectivity index (χ0v) is 22.1. The fourth-order valence-electron chi connectivity index (χ4n) is 5.60. The summed E-state index contributed by atoms with van der Waals surface area (Å²) in [6.45, 7) is 11.1. The highest BCUT2D eigenvalue weighted by atomic mass is 19.1. The average molecular weight is 511 g/mol. The number of ether oxygens (including phenoxy) is 1. The van der Waals surface area contributed by atoms with E-state index in [1.807, 2.05) is 19.1 Å². The van der Waals surface area contributed by atoms with Crippen LogP contribution >= 0.6 is 0 Å². The number of fused-ring (bicyclic) bond motifs is 1. The Hall–Kier alpha value is -3.62. The molecule has 8 nitrogen and oxygen atoms in total. The van der Waals surface area contributed by atoms with E-state index in [1.165, 1.54) is 23.1 Å². The number of likely N-dealkylation sites (tertiary alicyclic amines) is 1. The predicted octanol–water partition coefficient (Wildman–Crippen LogP) is 4.33. The number of amides is 4. The van der Waals surface area contributed by atoms with Crippen molar-refractivity contribution >= 4 is 29.2 Å². The third kappa shape index (κ3) is 6.39. The molecule has 1 atom stereocenters. The molecule has 198 valence electrons. The number of piperidine rings is 1. The van der Waals surface area contributed by atoms with E-state index in [0.717, 1.165) is 12.0 Å². The molecular weight excluding hydrogens is 475 g/mol. The topological polar surface area (TPSA) is 91.0 Å². The summed E-state index contributed by atoms with van der Waals surface area (Å²) in [5.74, 6) is -1.10. The highest BCUT2D eigenvalue weighted by Crippen LogP contribution is 2.40. The van der Waals surface area contributed by atoms with Gasteiger partial charge >= 0.3 is 6.03 Å². The van der Waals surface area contributed by atoms with Gasteiger partial charge in [0.1, 0.15) is 30.8 Å².